The summed E-state index contributed by atoms with van der Waals surface area (Å²) in [5, 5.41) is 2.78. The summed E-state index contributed by atoms with van der Waals surface area (Å²) in [7, 11) is 0. The Kier molecular flexibility index (Phi) is 4.82. The van der Waals surface area contributed by atoms with Crippen molar-refractivity contribution in [2.75, 3.05) is 6.61 Å². The third kappa shape index (κ3) is 3.58. The highest BCUT2D eigenvalue weighted by Crippen LogP contribution is 2.19. The second-order valence-corrected chi connectivity index (χ2v) is 6.26. The number of halogens is 1. The summed E-state index contributed by atoms with van der Waals surface area (Å²) in [4.78, 5) is 11.2. The van der Waals surface area contributed by atoms with Gasteiger partial charge < -0.3 is 14.8 Å². The molecule has 1 fully saturated rings. The average molecular weight is 361 g/mol. The maximum atomic E-state index is 11.2. The van der Waals surface area contributed by atoms with Crippen molar-refractivity contribution < 1.29 is 14.3 Å². The van der Waals surface area contributed by atoms with E-state index in [1.165, 1.54) is 0 Å². The van der Waals surface area contributed by atoms with Gasteiger partial charge in [0.05, 0.1) is 19.3 Å². The standard InChI is InChI=1S/C13H16INO3/c1-9(14)12-11(15-13(16)18-12)8-17-7-10-5-3-2-4-6-10/h2-6,9,11-12H,7-8H2,1H3,(H,15,16)/t9-,11-,12-/m0/s1. The topological polar surface area (TPSA) is 47.6 Å². The largest absolute Gasteiger partial charge is 0.443 e. The van der Waals surface area contributed by atoms with E-state index in [0.717, 1.165) is 5.56 Å². The van der Waals surface area contributed by atoms with Gasteiger partial charge in [-0.25, -0.2) is 4.79 Å². The van der Waals surface area contributed by atoms with Crippen LogP contribution in [-0.4, -0.2) is 28.8 Å². The number of carbonyl (C=O) groups excluding carboxylic acids is 1. The molecule has 0 unspecified atom stereocenters. The van der Waals surface area contributed by atoms with Gasteiger partial charge in [0, 0.05) is 3.92 Å². The van der Waals surface area contributed by atoms with Gasteiger partial charge in [0.1, 0.15) is 6.10 Å². The fourth-order valence-corrected chi connectivity index (χ4v) is 2.55. The Balaban J connectivity index is 1.81. The summed E-state index contributed by atoms with van der Waals surface area (Å²) in [5.74, 6) is 0. The summed E-state index contributed by atoms with van der Waals surface area (Å²) in [5.41, 5.74) is 1.13. The van der Waals surface area contributed by atoms with E-state index >= 15 is 0 Å². The van der Waals surface area contributed by atoms with Crippen LogP contribution in [0.3, 0.4) is 0 Å². The van der Waals surface area contributed by atoms with E-state index in [1.807, 2.05) is 37.3 Å². The molecule has 0 bridgehead atoms. The lowest BCUT2D eigenvalue weighted by Crippen LogP contribution is -2.39. The van der Waals surface area contributed by atoms with Crippen molar-refractivity contribution in [1.29, 1.82) is 0 Å². The minimum absolute atomic E-state index is 0.0619. The molecule has 1 aromatic rings. The number of carbonyl (C=O) groups is 1. The molecule has 0 spiro atoms. The van der Waals surface area contributed by atoms with Crippen LogP contribution < -0.4 is 5.32 Å². The summed E-state index contributed by atoms with van der Waals surface area (Å²) in [6.45, 7) is 3.05. The molecule has 0 aliphatic carbocycles. The van der Waals surface area contributed by atoms with Gasteiger partial charge in [-0.1, -0.05) is 52.9 Å². The average Bonchev–Trinajstić information content (AvgIpc) is 2.72. The molecule has 5 heteroatoms. The lowest BCUT2D eigenvalue weighted by Gasteiger charge is -2.18. The maximum absolute atomic E-state index is 11.2. The lowest BCUT2D eigenvalue weighted by molar-refractivity contribution is 0.0736. The molecule has 0 radical (unpaired) electrons. The number of rotatable bonds is 5. The number of hydrogen-bond donors (Lipinski definition) is 1. The van der Waals surface area contributed by atoms with Crippen molar-refractivity contribution in [3.63, 3.8) is 0 Å². The molecule has 1 amide bonds. The molecule has 1 aromatic carbocycles. The zero-order chi connectivity index (χ0) is 13.0. The summed E-state index contributed by atoms with van der Waals surface area (Å²) >= 11 is 2.26. The highest BCUT2D eigenvalue weighted by Gasteiger charge is 2.36. The second kappa shape index (κ2) is 6.38. The number of hydrogen-bond acceptors (Lipinski definition) is 3. The third-order valence-corrected chi connectivity index (χ3v) is 3.51. The van der Waals surface area contributed by atoms with Crippen molar-refractivity contribution in [3.8, 4) is 0 Å². The van der Waals surface area contributed by atoms with E-state index in [4.69, 9.17) is 9.47 Å². The van der Waals surface area contributed by atoms with Crippen molar-refractivity contribution in [2.45, 2.75) is 29.6 Å². The number of benzene rings is 1. The first-order chi connectivity index (χ1) is 8.66. The molecule has 4 nitrogen and oxygen atoms in total. The number of cyclic esters (lactones) is 1. The highest BCUT2D eigenvalue weighted by molar-refractivity contribution is 14.1. The van der Waals surface area contributed by atoms with Gasteiger partial charge in [-0.2, -0.15) is 0 Å². The van der Waals surface area contributed by atoms with Crippen molar-refractivity contribution >= 4 is 28.7 Å². The van der Waals surface area contributed by atoms with Crippen molar-refractivity contribution in [2.24, 2.45) is 0 Å². The smallest absolute Gasteiger partial charge is 0.407 e. The van der Waals surface area contributed by atoms with Crippen molar-refractivity contribution in [3.05, 3.63) is 35.9 Å². The monoisotopic (exact) mass is 361 g/mol. The number of ether oxygens (including phenoxy) is 2. The van der Waals surface area contributed by atoms with E-state index in [1.54, 1.807) is 0 Å². The molecular weight excluding hydrogens is 345 g/mol. The van der Waals surface area contributed by atoms with Crippen LogP contribution in [0.4, 0.5) is 4.79 Å². The molecule has 1 N–H and O–H groups in total. The van der Waals surface area contributed by atoms with Crippen molar-refractivity contribution in [1.82, 2.24) is 5.32 Å². The molecule has 2 rings (SSSR count). The minimum atomic E-state index is -0.350. The highest BCUT2D eigenvalue weighted by atomic mass is 127. The second-order valence-electron chi connectivity index (χ2n) is 4.30. The molecular formula is C13H16INO3. The van der Waals surface area contributed by atoms with Crippen LogP contribution in [0.25, 0.3) is 0 Å². The quantitative estimate of drug-likeness (QED) is 0.648. The Bertz CT molecular complexity index is 396. The molecule has 1 aliphatic heterocycles. The summed E-state index contributed by atoms with van der Waals surface area (Å²) in [6, 6.07) is 9.91. The van der Waals surface area contributed by atoms with E-state index in [9.17, 15) is 4.79 Å². The van der Waals surface area contributed by atoms with Crippen LogP contribution in [0.1, 0.15) is 12.5 Å². The number of amides is 1. The van der Waals surface area contributed by atoms with E-state index in [2.05, 4.69) is 27.9 Å². The predicted molar refractivity (Wildman–Crippen MR) is 76.8 cm³/mol. The summed E-state index contributed by atoms with van der Waals surface area (Å²) in [6.07, 6.45) is -0.467. The van der Waals surface area contributed by atoms with E-state index in [-0.39, 0.29) is 22.2 Å². The summed E-state index contributed by atoms with van der Waals surface area (Å²) < 4.78 is 11.1. The molecule has 18 heavy (non-hydrogen) atoms. The van der Waals surface area contributed by atoms with Gasteiger partial charge >= 0.3 is 6.09 Å². The van der Waals surface area contributed by atoms with Crippen LogP contribution in [0.15, 0.2) is 30.3 Å². The molecule has 1 saturated heterocycles. The lowest BCUT2D eigenvalue weighted by atomic mass is 10.1. The van der Waals surface area contributed by atoms with Crippen LogP contribution in [0.5, 0.6) is 0 Å². The van der Waals surface area contributed by atoms with Gasteiger partial charge in [0.2, 0.25) is 0 Å². The Labute approximate surface area is 120 Å². The third-order valence-electron chi connectivity index (χ3n) is 2.80. The van der Waals surface area contributed by atoms with Crippen LogP contribution in [-0.2, 0) is 16.1 Å². The Morgan fingerprint density at radius 3 is 2.83 bits per heavy atom. The normalized spacial score (nSPS) is 24.4. The molecule has 3 atom stereocenters. The zero-order valence-corrected chi connectivity index (χ0v) is 12.3. The minimum Gasteiger partial charge on any atom is -0.443 e. The fraction of sp³-hybridized carbons (Fsp3) is 0.462. The van der Waals surface area contributed by atoms with Crippen LogP contribution in [0.2, 0.25) is 0 Å². The Morgan fingerprint density at radius 2 is 2.17 bits per heavy atom. The number of nitrogens with one attached hydrogen (secondary N) is 1. The van der Waals surface area contributed by atoms with E-state index in [0.29, 0.717) is 13.2 Å². The van der Waals surface area contributed by atoms with Gasteiger partial charge in [-0.15, -0.1) is 0 Å². The first kappa shape index (κ1) is 13.6. The van der Waals surface area contributed by atoms with E-state index < -0.39 is 0 Å². The zero-order valence-electron chi connectivity index (χ0n) is 10.1. The number of alkyl carbamates (subject to hydrolysis) is 1. The molecule has 0 saturated carbocycles. The van der Waals surface area contributed by atoms with Crippen LogP contribution in [0, 0.1) is 0 Å². The maximum Gasteiger partial charge on any atom is 0.407 e. The molecule has 98 valence electrons. The van der Waals surface area contributed by atoms with Crippen LogP contribution >= 0.6 is 22.6 Å². The number of alkyl halides is 1. The molecule has 1 heterocycles. The Morgan fingerprint density at radius 1 is 1.44 bits per heavy atom. The molecule has 0 aromatic heterocycles. The van der Waals surface area contributed by atoms with Gasteiger partial charge in [0.25, 0.3) is 0 Å². The van der Waals surface area contributed by atoms with Gasteiger partial charge in [0.15, 0.2) is 0 Å². The molecule has 1 aliphatic rings. The first-order valence-corrected chi connectivity index (χ1v) is 7.14. The van der Waals surface area contributed by atoms with Gasteiger partial charge in [-0.05, 0) is 12.5 Å². The SMILES string of the molecule is C[C@H](I)[C@@H]1OC(=O)N[C@H]1COCc1ccccc1. The van der Waals surface area contributed by atoms with Gasteiger partial charge in [-0.3, -0.25) is 0 Å². The predicted octanol–water partition coefficient (Wildman–Crippen LogP) is 2.50. The Hall–Kier alpha value is -0.820. The first-order valence-electron chi connectivity index (χ1n) is 5.89. The fourth-order valence-electron chi connectivity index (χ4n) is 1.90.